The Morgan fingerprint density at radius 2 is 0.972 bits per heavy atom. The lowest BCUT2D eigenvalue weighted by Crippen LogP contribution is -2.25. The highest BCUT2D eigenvalue weighted by molar-refractivity contribution is 5.99. The van der Waals surface area contributed by atoms with E-state index < -0.39 is 11.2 Å². The van der Waals surface area contributed by atoms with E-state index in [0.717, 1.165) is 22.3 Å². The Morgan fingerprint density at radius 3 is 1.53 bits per heavy atom. The fourth-order valence-electron chi connectivity index (χ4n) is 6.33. The third kappa shape index (κ3) is 2.37. The predicted molar refractivity (Wildman–Crippen MR) is 138 cm³/mol. The molecule has 0 unspecified atom stereocenters. The Kier molecular flexibility index (Phi) is 4.11. The molecule has 5 aromatic rings. The van der Waals surface area contributed by atoms with Crippen molar-refractivity contribution in [2.45, 2.75) is 5.41 Å². The molecule has 0 saturated carbocycles. The Balaban J connectivity index is 1.64. The van der Waals surface area contributed by atoms with E-state index in [9.17, 15) is 14.9 Å². The van der Waals surface area contributed by atoms with Crippen molar-refractivity contribution in [1.29, 1.82) is 10.5 Å². The maximum absolute atomic E-state index is 14.6. The second-order valence-electron chi connectivity index (χ2n) is 9.22. The smallest absolute Gasteiger partial charge is 0.158 e. The molecular formula is C33H17FN2. The second kappa shape index (κ2) is 7.25. The molecule has 3 heteroatoms. The van der Waals surface area contributed by atoms with Crippen LogP contribution in [0.15, 0.2) is 103 Å². The molecule has 0 N–H and O–H groups in total. The summed E-state index contributed by atoms with van der Waals surface area (Å²) >= 11 is 0. The summed E-state index contributed by atoms with van der Waals surface area (Å²) in [5, 5.41) is 19.1. The minimum Gasteiger partial charge on any atom is -0.204 e. The monoisotopic (exact) mass is 460 g/mol. The Labute approximate surface area is 208 Å². The van der Waals surface area contributed by atoms with E-state index in [1.54, 1.807) is 12.1 Å². The summed E-state index contributed by atoms with van der Waals surface area (Å²) in [5.41, 5.74) is 10.3. The topological polar surface area (TPSA) is 47.6 Å². The second-order valence-corrected chi connectivity index (χ2v) is 9.22. The molecule has 2 aliphatic carbocycles. The van der Waals surface area contributed by atoms with E-state index in [0.29, 0.717) is 5.56 Å². The minimum atomic E-state index is -0.771. The van der Waals surface area contributed by atoms with Crippen LogP contribution in [0.3, 0.4) is 0 Å². The van der Waals surface area contributed by atoms with Gasteiger partial charge >= 0.3 is 0 Å². The largest absolute Gasteiger partial charge is 0.204 e. The van der Waals surface area contributed by atoms with Crippen LogP contribution in [0.1, 0.15) is 33.4 Å². The normalized spacial score (nSPS) is 13.3. The van der Waals surface area contributed by atoms with E-state index in [-0.39, 0.29) is 11.1 Å². The lowest BCUT2D eigenvalue weighted by atomic mass is 9.70. The molecular weight excluding hydrogens is 443 g/mol. The molecule has 0 amide bonds. The van der Waals surface area contributed by atoms with Crippen molar-refractivity contribution in [1.82, 2.24) is 0 Å². The first kappa shape index (κ1) is 20.4. The van der Waals surface area contributed by atoms with Gasteiger partial charge in [-0.3, -0.25) is 0 Å². The molecule has 166 valence electrons. The minimum absolute atomic E-state index is 0.126. The summed E-state index contributed by atoms with van der Waals surface area (Å²) in [7, 11) is 0. The van der Waals surface area contributed by atoms with Gasteiger partial charge in [0.25, 0.3) is 0 Å². The molecule has 0 aliphatic heterocycles. The lowest BCUT2D eigenvalue weighted by Gasteiger charge is -2.30. The number of nitrogens with zero attached hydrogens (tertiary/aromatic N) is 2. The zero-order valence-corrected chi connectivity index (χ0v) is 19.1. The van der Waals surface area contributed by atoms with E-state index in [1.165, 1.54) is 27.8 Å². The van der Waals surface area contributed by atoms with Crippen LogP contribution in [0.25, 0.3) is 33.4 Å². The van der Waals surface area contributed by atoms with Crippen LogP contribution in [-0.4, -0.2) is 0 Å². The molecule has 0 fully saturated rings. The molecule has 36 heavy (non-hydrogen) atoms. The van der Waals surface area contributed by atoms with E-state index >= 15 is 0 Å². The van der Waals surface area contributed by atoms with Crippen molar-refractivity contribution in [3.05, 3.63) is 142 Å². The van der Waals surface area contributed by atoms with Crippen LogP contribution in [0.2, 0.25) is 0 Å². The van der Waals surface area contributed by atoms with Crippen molar-refractivity contribution in [2.24, 2.45) is 0 Å². The molecule has 5 aromatic carbocycles. The highest BCUT2D eigenvalue weighted by Gasteiger charge is 2.51. The van der Waals surface area contributed by atoms with E-state index in [1.807, 2.05) is 30.3 Å². The van der Waals surface area contributed by atoms with Crippen LogP contribution in [0.5, 0.6) is 0 Å². The first-order chi connectivity index (χ1) is 17.7. The molecule has 7 rings (SSSR count). The molecule has 0 radical (unpaired) electrons. The third-order valence-corrected chi connectivity index (χ3v) is 7.65. The number of benzene rings is 5. The molecule has 2 aliphatic rings. The Bertz CT molecular complexity index is 1750. The molecule has 0 aromatic heterocycles. The maximum Gasteiger partial charge on any atom is 0.158 e. The number of nitriles is 2. The maximum atomic E-state index is 14.6. The zero-order chi connectivity index (χ0) is 24.4. The number of hydrogen-bond acceptors (Lipinski definition) is 2. The summed E-state index contributed by atoms with van der Waals surface area (Å²) in [4.78, 5) is 0. The molecule has 2 nitrogen and oxygen atoms in total. The first-order valence-corrected chi connectivity index (χ1v) is 11.8. The van der Waals surface area contributed by atoms with Gasteiger partial charge in [0.15, 0.2) is 5.82 Å². The van der Waals surface area contributed by atoms with Crippen LogP contribution >= 0.6 is 0 Å². The number of halogens is 1. The lowest BCUT2D eigenvalue weighted by molar-refractivity contribution is 0.620. The van der Waals surface area contributed by atoms with Gasteiger partial charge in [-0.2, -0.15) is 10.5 Å². The standard InChI is InChI=1S/C33H17FN2/c34-32-21(18-35)16-20(17-22(32)19-36)23-11-7-15-30-31(23)26-10-3-6-14-29(26)33(30)27-12-4-1-8-24(27)25-9-2-5-13-28(25)33/h1-17H. The predicted octanol–water partition coefficient (Wildman–Crippen LogP) is 7.58. The van der Waals surface area contributed by atoms with Crippen molar-refractivity contribution in [3.8, 4) is 45.5 Å². The summed E-state index contributed by atoms with van der Waals surface area (Å²) in [6, 6.07) is 38.7. The fourth-order valence-corrected chi connectivity index (χ4v) is 6.33. The van der Waals surface area contributed by atoms with Gasteiger partial charge < -0.3 is 0 Å². The molecule has 0 heterocycles. The van der Waals surface area contributed by atoms with Gasteiger partial charge in [0.2, 0.25) is 0 Å². The molecule has 1 spiro atoms. The molecule has 0 atom stereocenters. The van der Waals surface area contributed by atoms with Gasteiger partial charge in [-0.25, -0.2) is 4.39 Å². The molecule has 0 saturated heterocycles. The number of fused-ring (bicyclic) bond motifs is 10. The van der Waals surface area contributed by atoms with Gasteiger partial charge in [0.1, 0.15) is 12.1 Å². The van der Waals surface area contributed by atoms with Gasteiger partial charge in [-0.1, -0.05) is 91.0 Å². The van der Waals surface area contributed by atoms with E-state index in [4.69, 9.17) is 0 Å². The summed E-state index contributed by atoms with van der Waals surface area (Å²) in [6.45, 7) is 0. The van der Waals surface area contributed by atoms with Crippen molar-refractivity contribution >= 4 is 0 Å². The van der Waals surface area contributed by atoms with Crippen LogP contribution in [0.4, 0.5) is 4.39 Å². The van der Waals surface area contributed by atoms with Crippen LogP contribution in [-0.2, 0) is 5.41 Å². The summed E-state index contributed by atoms with van der Waals surface area (Å²) in [6.07, 6.45) is 0. The average molecular weight is 461 g/mol. The zero-order valence-electron chi connectivity index (χ0n) is 19.1. The van der Waals surface area contributed by atoms with Crippen LogP contribution < -0.4 is 0 Å². The number of hydrogen-bond donors (Lipinski definition) is 0. The highest BCUT2D eigenvalue weighted by Crippen LogP contribution is 2.63. The van der Waals surface area contributed by atoms with E-state index in [2.05, 4.69) is 72.8 Å². The third-order valence-electron chi connectivity index (χ3n) is 7.65. The quantitative estimate of drug-likeness (QED) is 0.253. The number of rotatable bonds is 1. The average Bonchev–Trinajstić information content (AvgIpc) is 3.41. The van der Waals surface area contributed by atoms with Gasteiger partial charge in [0, 0.05) is 0 Å². The van der Waals surface area contributed by atoms with Crippen LogP contribution in [0, 0.1) is 28.5 Å². The Morgan fingerprint density at radius 1 is 0.528 bits per heavy atom. The van der Waals surface area contributed by atoms with Crippen molar-refractivity contribution < 1.29 is 4.39 Å². The molecule has 0 bridgehead atoms. The Hall–Kier alpha value is -4.99. The summed E-state index contributed by atoms with van der Waals surface area (Å²) in [5.74, 6) is -0.771. The van der Waals surface area contributed by atoms with Gasteiger partial charge in [-0.05, 0) is 67.8 Å². The summed E-state index contributed by atoms with van der Waals surface area (Å²) < 4.78 is 14.6. The van der Waals surface area contributed by atoms with Gasteiger partial charge in [0.05, 0.1) is 16.5 Å². The fraction of sp³-hybridized carbons (Fsp3) is 0.0303. The van der Waals surface area contributed by atoms with Crippen molar-refractivity contribution in [3.63, 3.8) is 0 Å². The highest BCUT2D eigenvalue weighted by atomic mass is 19.1. The van der Waals surface area contributed by atoms with Gasteiger partial charge in [-0.15, -0.1) is 0 Å². The van der Waals surface area contributed by atoms with Crippen molar-refractivity contribution in [2.75, 3.05) is 0 Å². The first-order valence-electron chi connectivity index (χ1n) is 11.8. The SMILES string of the molecule is N#Cc1cc(-c2cccc3c2-c2ccccc2C32c3ccccc3-c3ccccc32)cc(C#N)c1F.